The number of unbranched alkanes of at least 4 members (excludes halogenated alkanes) is 15. The third-order valence-electron chi connectivity index (χ3n) is 9.13. The zero-order valence-electron chi connectivity index (χ0n) is 36.6. The van der Waals surface area contributed by atoms with Crippen LogP contribution in [0.25, 0.3) is 0 Å². The molecule has 1 N–H and O–H groups in total. The fourth-order valence-corrected chi connectivity index (χ4v) is 6.38. The first-order chi connectivity index (χ1) is 27.4. The Hall–Kier alpha value is -2.33. The number of likely N-dealkylation sites (N-methyl/N-ethyl adjacent to an activating group) is 1. The molecule has 3 atom stereocenters. The van der Waals surface area contributed by atoms with Gasteiger partial charge in [-0.05, 0) is 44.9 Å². The van der Waals surface area contributed by atoms with E-state index in [1.165, 1.54) is 70.6 Å². The number of carbonyl (C=O) groups excluding carboxylic acids is 2. The summed E-state index contributed by atoms with van der Waals surface area (Å²) in [6, 6.07) is 0. The van der Waals surface area contributed by atoms with Gasteiger partial charge in [-0.3, -0.25) is 14.2 Å². The standard InChI is InChI=1S/C46H82NO9P/c1-6-8-10-11-12-13-14-15-16-17-22-25-28-31-34-38-46(50)56-44(42-55-57(51,52)54-40-39-47(3,4)5)41-53-45(49)37-33-30-27-24-21-19-18-20-23-26-29-32-36-43(48)35-9-7-2/h9,18-19,23-24,26-27,29,32,35,43-44,48H,6-8,10-17,20-22,25,28,30-31,33-34,36-42H2,1-5H3/b19-18-,26-23-,27-24-,32-29+,35-9-/t43?,44-/m1/s1. The van der Waals surface area contributed by atoms with E-state index in [4.69, 9.17) is 18.5 Å². The number of carbonyl (C=O) groups is 2. The van der Waals surface area contributed by atoms with Gasteiger partial charge >= 0.3 is 11.9 Å². The van der Waals surface area contributed by atoms with E-state index >= 15 is 0 Å². The minimum absolute atomic E-state index is 0.0480. The van der Waals surface area contributed by atoms with Gasteiger partial charge in [-0.25, -0.2) is 0 Å². The molecule has 0 bridgehead atoms. The predicted molar refractivity (Wildman–Crippen MR) is 232 cm³/mol. The molecule has 0 fully saturated rings. The van der Waals surface area contributed by atoms with Crippen LogP contribution in [0.3, 0.4) is 0 Å². The molecule has 0 aliphatic rings. The molecular weight excluding hydrogens is 741 g/mol. The number of hydrogen-bond donors (Lipinski definition) is 1. The van der Waals surface area contributed by atoms with Gasteiger partial charge in [0.2, 0.25) is 0 Å². The van der Waals surface area contributed by atoms with Crippen LogP contribution in [-0.2, 0) is 32.7 Å². The van der Waals surface area contributed by atoms with E-state index in [1.807, 2.05) is 70.6 Å². The Morgan fingerprint density at radius 1 is 0.667 bits per heavy atom. The van der Waals surface area contributed by atoms with Crippen molar-refractivity contribution in [3.63, 3.8) is 0 Å². The fourth-order valence-electron chi connectivity index (χ4n) is 5.65. The number of nitrogens with zero attached hydrogens (tertiary/aromatic N) is 1. The van der Waals surface area contributed by atoms with E-state index in [1.54, 1.807) is 0 Å². The van der Waals surface area contributed by atoms with Crippen molar-refractivity contribution in [2.24, 2.45) is 0 Å². The molecule has 0 amide bonds. The molecular formula is C46H82NO9P. The quantitative estimate of drug-likeness (QED) is 0.0161. The van der Waals surface area contributed by atoms with Gasteiger partial charge in [0, 0.05) is 12.8 Å². The number of quaternary nitrogens is 1. The highest BCUT2D eigenvalue weighted by molar-refractivity contribution is 7.45. The summed E-state index contributed by atoms with van der Waals surface area (Å²) in [6.45, 7) is 3.91. The van der Waals surface area contributed by atoms with Crippen LogP contribution < -0.4 is 4.89 Å². The SMILES string of the molecule is CC/C=C\C(O)C/C=C/C=C\C/C=C\C/C=C\CCCC(=O)OC[C@H](COP(=O)([O-])OCC[N+](C)(C)C)OC(=O)CCCCCCCCCCCCCCCCC. The number of phosphoric ester groups is 1. The molecule has 330 valence electrons. The normalized spacial score (nSPS) is 14.7. The number of allylic oxidation sites excluding steroid dienone is 8. The second kappa shape index (κ2) is 37.9. The highest BCUT2D eigenvalue weighted by Crippen LogP contribution is 2.38. The summed E-state index contributed by atoms with van der Waals surface area (Å²) in [5.74, 6) is -0.927. The molecule has 0 radical (unpaired) electrons. The van der Waals surface area contributed by atoms with E-state index in [0.717, 1.165) is 38.5 Å². The monoisotopic (exact) mass is 824 g/mol. The van der Waals surface area contributed by atoms with Gasteiger partial charge in [0.05, 0.1) is 33.9 Å². The Labute approximate surface area is 348 Å². The lowest BCUT2D eigenvalue weighted by molar-refractivity contribution is -0.870. The van der Waals surface area contributed by atoms with Gasteiger partial charge in [0.25, 0.3) is 7.82 Å². The van der Waals surface area contributed by atoms with E-state index < -0.39 is 38.6 Å². The first-order valence-electron chi connectivity index (χ1n) is 22.1. The molecule has 0 aliphatic carbocycles. The van der Waals surface area contributed by atoms with E-state index in [9.17, 15) is 24.2 Å². The molecule has 57 heavy (non-hydrogen) atoms. The molecule has 10 nitrogen and oxygen atoms in total. The van der Waals surface area contributed by atoms with Crippen LogP contribution in [0, 0.1) is 0 Å². The number of aliphatic hydroxyl groups is 1. The number of aliphatic hydroxyl groups excluding tert-OH is 1. The molecule has 0 spiro atoms. The maximum Gasteiger partial charge on any atom is 0.306 e. The van der Waals surface area contributed by atoms with Gasteiger partial charge in [-0.1, -0.05) is 164 Å². The number of esters is 2. The topological polar surface area (TPSA) is 131 Å². The largest absolute Gasteiger partial charge is 0.756 e. The van der Waals surface area contributed by atoms with E-state index in [2.05, 4.69) is 25.2 Å². The van der Waals surface area contributed by atoms with Crippen LogP contribution in [0.5, 0.6) is 0 Å². The summed E-state index contributed by atoms with van der Waals surface area (Å²) in [5, 5.41) is 9.77. The molecule has 0 aromatic rings. The zero-order valence-corrected chi connectivity index (χ0v) is 37.5. The Balaban J connectivity index is 4.48. The average molecular weight is 824 g/mol. The Kier molecular flexibility index (Phi) is 36.4. The van der Waals surface area contributed by atoms with Crippen LogP contribution >= 0.6 is 7.82 Å². The number of ether oxygens (including phenoxy) is 2. The number of phosphoric acid groups is 1. The molecule has 0 aromatic heterocycles. The van der Waals surface area contributed by atoms with E-state index in [-0.39, 0.29) is 26.1 Å². The summed E-state index contributed by atoms with van der Waals surface area (Å²) in [4.78, 5) is 37.5. The van der Waals surface area contributed by atoms with Crippen LogP contribution in [0.4, 0.5) is 0 Å². The number of rotatable bonds is 39. The van der Waals surface area contributed by atoms with Crippen molar-refractivity contribution in [1.29, 1.82) is 0 Å². The third kappa shape index (κ3) is 41.6. The number of hydrogen-bond acceptors (Lipinski definition) is 9. The molecule has 0 aliphatic heterocycles. The van der Waals surface area contributed by atoms with Gasteiger partial charge in [-0.15, -0.1) is 0 Å². The Morgan fingerprint density at radius 2 is 1.21 bits per heavy atom. The molecule has 2 unspecified atom stereocenters. The second-order valence-electron chi connectivity index (χ2n) is 15.9. The average Bonchev–Trinajstić information content (AvgIpc) is 3.16. The minimum Gasteiger partial charge on any atom is -0.756 e. The van der Waals surface area contributed by atoms with Crippen LogP contribution in [0.15, 0.2) is 60.8 Å². The molecule has 0 heterocycles. The molecule has 0 saturated carbocycles. The first-order valence-corrected chi connectivity index (χ1v) is 23.6. The van der Waals surface area contributed by atoms with Crippen molar-refractivity contribution >= 4 is 19.8 Å². The molecule has 0 rings (SSSR count). The fraction of sp³-hybridized carbons (Fsp3) is 0.739. The predicted octanol–water partition coefficient (Wildman–Crippen LogP) is 10.8. The first kappa shape index (κ1) is 54.7. The smallest absolute Gasteiger partial charge is 0.306 e. The molecule has 11 heteroatoms. The maximum absolute atomic E-state index is 12.7. The highest BCUT2D eigenvalue weighted by atomic mass is 31.2. The van der Waals surface area contributed by atoms with Crippen molar-refractivity contribution in [2.45, 2.75) is 174 Å². The lowest BCUT2D eigenvalue weighted by Gasteiger charge is -2.28. The van der Waals surface area contributed by atoms with Crippen LogP contribution in [-0.4, -0.2) is 81.2 Å². The maximum atomic E-state index is 12.7. The van der Waals surface area contributed by atoms with Crippen molar-refractivity contribution < 1.29 is 47.2 Å². The summed E-state index contributed by atoms with van der Waals surface area (Å²) in [5.41, 5.74) is 0. The molecule has 0 saturated heterocycles. The third-order valence-corrected chi connectivity index (χ3v) is 10.1. The molecule has 0 aromatic carbocycles. The van der Waals surface area contributed by atoms with Crippen molar-refractivity contribution in [2.75, 3.05) is 47.5 Å². The van der Waals surface area contributed by atoms with E-state index in [0.29, 0.717) is 36.7 Å². The summed E-state index contributed by atoms with van der Waals surface area (Å²) < 4.78 is 33.8. The van der Waals surface area contributed by atoms with Crippen molar-refractivity contribution in [1.82, 2.24) is 0 Å². The zero-order chi connectivity index (χ0) is 42.3. The highest BCUT2D eigenvalue weighted by Gasteiger charge is 2.21. The second-order valence-corrected chi connectivity index (χ2v) is 17.3. The van der Waals surface area contributed by atoms with Crippen LogP contribution in [0.1, 0.15) is 162 Å². The Bertz CT molecular complexity index is 1170. The lowest BCUT2D eigenvalue weighted by atomic mass is 10.0. The summed E-state index contributed by atoms with van der Waals surface area (Å²) >= 11 is 0. The van der Waals surface area contributed by atoms with Gasteiger partial charge in [0.1, 0.15) is 19.8 Å². The lowest BCUT2D eigenvalue weighted by Crippen LogP contribution is -2.37. The summed E-state index contributed by atoms with van der Waals surface area (Å²) in [7, 11) is 1.11. The van der Waals surface area contributed by atoms with Gasteiger partial charge in [0.15, 0.2) is 6.10 Å². The van der Waals surface area contributed by atoms with Crippen molar-refractivity contribution in [3.8, 4) is 0 Å². The minimum atomic E-state index is -4.65. The van der Waals surface area contributed by atoms with Crippen LogP contribution in [0.2, 0.25) is 0 Å². The Morgan fingerprint density at radius 3 is 1.81 bits per heavy atom. The van der Waals surface area contributed by atoms with Crippen molar-refractivity contribution in [3.05, 3.63) is 60.8 Å². The summed E-state index contributed by atoms with van der Waals surface area (Å²) in [6.07, 6.45) is 41.6. The van der Waals surface area contributed by atoms with Gasteiger partial charge < -0.3 is 33.0 Å². The van der Waals surface area contributed by atoms with Gasteiger partial charge in [-0.2, -0.15) is 0 Å².